The number of aromatic nitrogens is 4. The number of rotatable bonds is 6. The fourth-order valence-corrected chi connectivity index (χ4v) is 2.26. The van der Waals surface area contributed by atoms with Crippen LogP contribution in [0.4, 0.5) is 19.0 Å². The number of ether oxygens (including phenoxy) is 1. The van der Waals surface area contributed by atoms with Gasteiger partial charge in [-0.3, -0.25) is 0 Å². The normalized spacial score (nSPS) is 11.9. The molecule has 0 bridgehead atoms. The molecule has 0 spiro atoms. The molecule has 3 aromatic rings. The Morgan fingerprint density at radius 1 is 1.15 bits per heavy atom. The van der Waals surface area contributed by atoms with Crippen molar-refractivity contribution in [2.75, 3.05) is 11.9 Å². The first-order valence-corrected chi connectivity index (χ1v) is 8.08. The highest BCUT2D eigenvalue weighted by molar-refractivity contribution is 5.44. The van der Waals surface area contributed by atoms with Crippen molar-refractivity contribution in [3.8, 4) is 5.75 Å². The molecule has 0 radical (unpaired) electrons. The first kappa shape index (κ1) is 18.0. The van der Waals surface area contributed by atoms with Crippen molar-refractivity contribution in [3.63, 3.8) is 0 Å². The molecule has 138 valence electrons. The summed E-state index contributed by atoms with van der Waals surface area (Å²) in [7, 11) is 0. The van der Waals surface area contributed by atoms with E-state index in [0.717, 1.165) is 11.3 Å². The minimum atomic E-state index is -4.62. The van der Waals surface area contributed by atoms with Gasteiger partial charge in [-0.25, -0.2) is 0 Å². The van der Waals surface area contributed by atoms with Crippen LogP contribution in [0.25, 0.3) is 5.65 Å². The molecule has 1 aromatic carbocycles. The van der Waals surface area contributed by atoms with Gasteiger partial charge in [-0.15, -0.1) is 15.3 Å². The van der Waals surface area contributed by atoms with E-state index in [4.69, 9.17) is 4.74 Å². The van der Waals surface area contributed by atoms with Gasteiger partial charge in [-0.05, 0) is 35.7 Å². The van der Waals surface area contributed by atoms with E-state index < -0.39 is 12.0 Å². The number of nitrogens with zero attached hydrogens (tertiary/aromatic N) is 4. The Morgan fingerprint density at radius 3 is 2.69 bits per heavy atom. The number of nitrogens with one attached hydrogen (secondary N) is 1. The van der Waals surface area contributed by atoms with Crippen LogP contribution in [0.2, 0.25) is 0 Å². The fraction of sp³-hybridized carbons (Fsp3) is 0.353. The lowest BCUT2D eigenvalue weighted by atomic mass is 10.2. The molecule has 0 aliphatic heterocycles. The Morgan fingerprint density at radius 2 is 1.96 bits per heavy atom. The number of fused-ring (bicyclic) bond motifs is 1. The van der Waals surface area contributed by atoms with Gasteiger partial charge in [-0.2, -0.15) is 17.7 Å². The molecule has 2 aromatic heterocycles. The average Bonchev–Trinajstić information content (AvgIpc) is 3.02. The molecule has 6 nitrogen and oxygen atoms in total. The summed E-state index contributed by atoms with van der Waals surface area (Å²) < 4.78 is 45.1. The van der Waals surface area contributed by atoms with Crippen LogP contribution in [0.3, 0.4) is 0 Å². The smallest absolute Gasteiger partial charge is 0.453 e. The third-order valence-corrected chi connectivity index (χ3v) is 3.47. The summed E-state index contributed by atoms with van der Waals surface area (Å²) in [6.07, 6.45) is -4.62. The molecular formula is C17H18F3N5O. The van der Waals surface area contributed by atoms with Crippen molar-refractivity contribution in [1.82, 2.24) is 19.8 Å². The maximum absolute atomic E-state index is 12.9. The Bertz CT molecular complexity index is 891. The largest absolute Gasteiger partial charge is 0.493 e. The van der Waals surface area contributed by atoms with Crippen molar-refractivity contribution in [1.29, 1.82) is 0 Å². The van der Waals surface area contributed by atoms with Gasteiger partial charge >= 0.3 is 6.18 Å². The summed E-state index contributed by atoms with van der Waals surface area (Å²) >= 11 is 0. The summed E-state index contributed by atoms with van der Waals surface area (Å²) in [4.78, 5) is 0. The van der Waals surface area contributed by atoms with E-state index in [1.54, 1.807) is 6.07 Å². The first-order chi connectivity index (χ1) is 12.3. The summed E-state index contributed by atoms with van der Waals surface area (Å²) in [6.45, 7) is 5.13. The van der Waals surface area contributed by atoms with Crippen molar-refractivity contribution in [2.45, 2.75) is 26.6 Å². The standard InChI is InChI=1S/C17H18F3N5O/c1-11(2)10-26-13-5-3-4-12(8-13)9-21-14-6-7-15-22-23-16(17(18,19)20)25(15)24-14/h3-8,11H,9-10H2,1-2H3,(H,21,24). The van der Waals surface area contributed by atoms with Gasteiger partial charge in [0.2, 0.25) is 0 Å². The molecule has 2 heterocycles. The lowest BCUT2D eigenvalue weighted by Gasteiger charge is -2.11. The Labute approximate surface area is 148 Å². The van der Waals surface area contributed by atoms with Gasteiger partial charge in [0.1, 0.15) is 11.6 Å². The maximum Gasteiger partial charge on any atom is 0.453 e. The monoisotopic (exact) mass is 365 g/mol. The van der Waals surface area contributed by atoms with Crippen molar-refractivity contribution in [2.24, 2.45) is 5.92 Å². The van der Waals surface area contributed by atoms with Crippen LogP contribution in [0.5, 0.6) is 5.75 Å². The highest BCUT2D eigenvalue weighted by Gasteiger charge is 2.37. The van der Waals surface area contributed by atoms with Crippen LogP contribution in [0.1, 0.15) is 25.2 Å². The molecule has 0 fully saturated rings. The quantitative estimate of drug-likeness (QED) is 0.720. The summed E-state index contributed by atoms with van der Waals surface area (Å²) in [5.41, 5.74) is 0.958. The second-order valence-electron chi connectivity index (χ2n) is 6.22. The minimum Gasteiger partial charge on any atom is -0.493 e. The van der Waals surface area contributed by atoms with E-state index in [0.29, 0.717) is 23.6 Å². The number of benzene rings is 1. The van der Waals surface area contributed by atoms with E-state index >= 15 is 0 Å². The van der Waals surface area contributed by atoms with Gasteiger partial charge in [-0.1, -0.05) is 26.0 Å². The SMILES string of the molecule is CC(C)COc1cccc(CNc2ccc3nnc(C(F)(F)F)n3n2)c1. The highest BCUT2D eigenvalue weighted by atomic mass is 19.4. The number of halogens is 3. The third-order valence-electron chi connectivity index (χ3n) is 3.47. The molecule has 0 saturated carbocycles. The van der Waals surface area contributed by atoms with Gasteiger partial charge in [0, 0.05) is 6.54 Å². The Hall–Kier alpha value is -2.84. The second-order valence-corrected chi connectivity index (χ2v) is 6.22. The van der Waals surface area contributed by atoms with Crippen LogP contribution in [0.15, 0.2) is 36.4 Å². The molecule has 0 aliphatic rings. The fourth-order valence-electron chi connectivity index (χ4n) is 2.26. The van der Waals surface area contributed by atoms with Crippen LogP contribution in [-0.2, 0) is 12.7 Å². The van der Waals surface area contributed by atoms with E-state index in [2.05, 4.69) is 34.5 Å². The topological polar surface area (TPSA) is 64.3 Å². The third kappa shape index (κ3) is 4.22. The zero-order valence-electron chi connectivity index (χ0n) is 14.3. The van der Waals surface area contributed by atoms with Crippen LogP contribution < -0.4 is 10.1 Å². The van der Waals surface area contributed by atoms with Crippen molar-refractivity contribution in [3.05, 3.63) is 47.8 Å². The molecule has 1 N–H and O–H groups in total. The summed E-state index contributed by atoms with van der Waals surface area (Å²) in [5.74, 6) is 0.301. The number of hydrogen-bond donors (Lipinski definition) is 1. The predicted octanol–water partition coefficient (Wildman–Crippen LogP) is 3.79. The number of alkyl halides is 3. The van der Waals surface area contributed by atoms with Gasteiger partial charge in [0.15, 0.2) is 5.65 Å². The Kier molecular flexibility index (Phi) is 4.97. The molecule has 26 heavy (non-hydrogen) atoms. The molecule has 0 amide bonds. The minimum absolute atomic E-state index is 0.0342. The van der Waals surface area contributed by atoms with E-state index in [1.807, 2.05) is 24.3 Å². The zero-order valence-corrected chi connectivity index (χ0v) is 14.3. The van der Waals surface area contributed by atoms with E-state index in [-0.39, 0.29) is 11.5 Å². The molecular weight excluding hydrogens is 347 g/mol. The van der Waals surface area contributed by atoms with Gasteiger partial charge in [0.25, 0.3) is 5.82 Å². The van der Waals surface area contributed by atoms with Crippen molar-refractivity contribution >= 4 is 11.5 Å². The first-order valence-electron chi connectivity index (χ1n) is 8.08. The lowest BCUT2D eigenvalue weighted by Crippen LogP contribution is -2.13. The number of anilines is 1. The van der Waals surface area contributed by atoms with E-state index in [1.165, 1.54) is 6.07 Å². The summed E-state index contributed by atoms with van der Waals surface area (Å²) in [5, 5.41) is 13.6. The molecule has 3 rings (SSSR count). The lowest BCUT2D eigenvalue weighted by molar-refractivity contribution is -0.146. The van der Waals surface area contributed by atoms with Crippen LogP contribution >= 0.6 is 0 Å². The molecule has 0 saturated heterocycles. The molecule has 0 atom stereocenters. The molecule has 0 aliphatic carbocycles. The van der Waals surface area contributed by atoms with Crippen molar-refractivity contribution < 1.29 is 17.9 Å². The summed E-state index contributed by atoms with van der Waals surface area (Å²) in [6, 6.07) is 10.5. The maximum atomic E-state index is 12.9. The second kappa shape index (κ2) is 7.19. The molecule has 9 heteroatoms. The average molecular weight is 365 g/mol. The van der Waals surface area contributed by atoms with E-state index in [9.17, 15) is 13.2 Å². The van der Waals surface area contributed by atoms with Crippen LogP contribution in [-0.4, -0.2) is 26.4 Å². The highest BCUT2D eigenvalue weighted by Crippen LogP contribution is 2.27. The number of hydrogen-bond acceptors (Lipinski definition) is 5. The predicted molar refractivity (Wildman–Crippen MR) is 89.9 cm³/mol. The van der Waals surface area contributed by atoms with Gasteiger partial charge in [0.05, 0.1) is 6.61 Å². The molecule has 0 unspecified atom stereocenters. The van der Waals surface area contributed by atoms with Crippen LogP contribution in [0, 0.1) is 5.92 Å². The Balaban J connectivity index is 1.73. The zero-order chi connectivity index (χ0) is 18.7. The van der Waals surface area contributed by atoms with Gasteiger partial charge < -0.3 is 10.1 Å².